The number of hydrogen-bond acceptors (Lipinski definition) is 7. The van der Waals surface area contributed by atoms with Gasteiger partial charge < -0.3 is 10.2 Å². The monoisotopic (exact) mass is 546 g/mol. The molecule has 0 aromatic heterocycles. The number of nitrogens with one attached hydrogen (secondary N) is 1. The molecule has 9 nitrogen and oxygen atoms in total. The van der Waals surface area contributed by atoms with Crippen molar-refractivity contribution < 1.29 is 27.2 Å². The van der Waals surface area contributed by atoms with Crippen molar-refractivity contribution in [3.63, 3.8) is 0 Å². The molecule has 4 rings (SSSR count). The summed E-state index contributed by atoms with van der Waals surface area (Å²) < 4.78 is 40.3. The second-order valence-corrected chi connectivity index (χ2v) is 11.9. The Bertz CT molecular complexity index is 1370. The Labute approximate surface area is 219 Å². The zero-order valence-electron chi connectivity index (χ0n) is 20.4. The molecule has 2 saturated heterocycles. The number of halogens is 1. The number of carbonyl (C=O) groups is 3. The molecule has 2 aliphatic heterocycles. The lowest BCUT2D eigenvalue weighted by molar-refractivity contribution is -0.122. The summed E-state index contributed by atoms with van der Waals surface area (Å²) in [7, 11) is -0.921. The lowest BCUT2D eigenvalue weighted by atomic mass is 10.1. The Hall–Kier alpha value is -3.22. The summed E-state index contributed by atoms with van der Waals surface area (Å²) in [4.78, 5) is 41.4. The topological polar surface area (TPSA) is 107 Å². The maximum Gasteiger partial charge on any atom is 0.293 e. The number of anilines is 1. The van der Waals surface area contributed by atoms with Crippen LogP contribution in [0.1, 0.15) is 28.8 Å². The van der Waals surface area contributed by atoms with E-state index < -0.39 is 32.9 Å². The van der Waals surface area contributed by atoms with E-state index in [9.17, 15) is 27.2 Å². The first-order valence-electron chi connectivity index (χ1n) is 11.7. The van der Waals surface area contributed by atoms with Crippen molar-refractivity contribution in [3.8, 4) is 0 Å². The first-order valence-corrected chi connectivity index (χ1v) is 13.9. The summed E-state index contributed by atoms with van der Waals surface area (Å²) in [5.74, 6) is -1.58. The molecule has 2 aromatic rings. The molecular formula is C25H27FN4O5S2. The average Bonchev–Trinajstić information content (AvgIpc) is 3.49. The van der Waals surface area contributed by atoms with E-state index >= 15 is 0 Å². The lowest BCUT2D eigenvalue weighted by Gasteiger charge is -2.22. The fraction of sp³-hybridized carbons (Fsp3) is 0.320. The molecule has 2 aromatic carbocycles. The van der Waals surface area contributed by atoms with Crippen molar-refractivity contribution in [2.24, 2.45) is 0 Å². The van der Waals surface area contributed by atoms with Crippen molar-refractivity contribution in [1.29, 1.82) is 0 Å². The molecule has 0 bridgehead atoms. The minimum Gasteiger partial charge on any atom is -0.371 e. The molecular weight excluding hydrogens is 519 g/mol. The number of sulfonamides is 1. The number of nitrogens with zero attached hydrogens (tertiary/aromatic N) is 3. The van der Waals surface area contributed by atoms with Gasteiger partial charge in [-0.05, 0) is 54.9 Å². The Morgan fingerprint density at radius 2 is 1.84 bits per heavy atom. The van der Waals surface area contributed by atoms with Crippen LogP contribution in [0.5, 0.6) is 0 Å². The highest BCUT2D eigenvalue weighted by atomic mass is 32.2. The summed E-state index contributed by atoms with van der Waals surface area (Å²) in [5.41, 5.74) is 1.04. The van der Waals surface area contributed by atoms with Crippen LogP contribution in [0.15, 0.2) is 52.3 Å². The van der Waals surface area contributed by atoms with E-state index in [1.807, 2.05) is 4.90 Å². The summed E-state index contributed by atoms with van der Waals surface area (Å²) in [6.45, 7) is 1.39. The minimum absolute atomic E-state index is 0.00480. The number of benzene rings is 2. The largest absolute Gasteiger partial charge is 0.371 e. The van der Waals surface area contributed by atoms with Gasteiger partial charge >= 0.3 is 0 Å². The van der Waals surface area contributed by atoms with Crippen LogP contribution in [0.3, 0.4) is 0 Å². The normalized spacial score (nSPS) is 17.4. The van der Waals surface area contributed by atoms with E-state index in [1.54, 1.807) is 12.1 Å². The Balaban J connectivity index is 1.48. The van der Waals surface area contributed by atoms with Gasteiger partial charge in [0.1, 0.15) is 5.82 Å². The Kier molecular flexibility index (Phi) is 8.00. The van der Waals surface area contributed by atoms with Crippen LogP contribution in [0.25, 0.3) is 6.08 Å². The van der Waals surface area contributed by atoms with Gasteiger partial charge in [-0.15, -0.1) is 0 Å². The number of thioether (sulfide) groups is 1. The quantitative estimate of drug-likeness (QED) is 0.507. The molecule has 0 atom stereocenters. The highest BCUT2D eigenvalue weighted by Gasteiger charge is 2.35. The molecule has 12 heteroatoms. The van der Waals surface area contributed by atoms with Crippen molar-refractivity contribution >= 4 is 50.6 Å². The number of carbonyl (C=O) groups excluding carboxylic acids is 3. The van der Waals surface area contributed by atoms with Gasteiger partial charge in [0.25, 0.3) is 17.1 Å². The molecule has 37 heavy (non-hydrogen) atoms. The molecule has 196 valence electrons. The fourth-order valence-corrected chi connectivity index (χ4v) is 5.89. The molecule has 0 aliphatic carbocycles. The zero-order valence-corrected chi connectivity index (χ0v) is 22.1. The Morgan fingerprint density at radius 3 is 2.51 bits per heavy atom. The van der Waals surface area contributed by atoms with Crippen LogP contribution in [-0.4, -0.2) is 75.0 Å². The molecule has 0 unspecified atom stereocenters. The Morgan fingerprint density at radius 1 is 1.14 bits per heavy atom. The van der Waals surface area contributed by atoms with Gasteiger partial charge in [-0.2, -0.15) is 0 Å². The van der Waals surface area contributed by atoms with Crippen LogP contribution in [0, 0.1) is 5.82 Å². The second kappa shape index (κ2) is 11.0. The molecule has 2 heterocycles. The fourth-order valence-electron chi connectivity index (χ4n) is 4.10. The lowest BCUT2D eigenvalue weighted by Crippen LogP contribution is -2.37. The van der Waals surface area contributed by atoms with Crippen LogP contribution < -0.4 is 10.2 Å². The van der Waals surface area contributed by atoms with Crippen molar-refractivity contribution in [2.45, 2.75) is 17.7 Å². The molecule has 0 saturated carbocycles. The van der Waals surface area contributed by atoms with Crippen molar-refractivity contribution in [2.75, 3.05) is 45.2 Å². The van der Waals surface area contributed by atoms with E-state index in [0.717, 1.165) is 35.1 Å². The number of amides is 3. The van der Waals surface area contributed by atoms with Crippen LogP contribution in [-0.2, 0) is 14.8 Å². The summed E-state index contributed by atoms with van der Waals surface area (Å²) in [6, 6.07) is 10.4. The van der Waals surface area contributed by atoms with Crippen LogP contribution >= 0.6 is 11.8 Å². The van der Waals surface area contributed by atoms with E-state index in [2.05, 4.69) is 5.32 Å². The minimum atomic E-state index is -3.75. The van der Waals surface area contributed by atoms with Crippen LogP contribution in [0.4, 0.5) is 14.9 Å². The first-order chi connectivity index (χ1) is 17.6. The van der Waals surface area contributed by atoms with E-state index in [1.165, 1.54) is 50.5 Å². The third kappa shape index (κ3) is 5.71. The van der Waals surface area contributed by atoms with Crippen molar-refractivity contribution in [1.82, 2.24) is 14.5 Å². The number of hydrogen-bond donors (Lipinski definition) is 1. The van der Waals surface area contributed by atoms with Gasteiger partial charge in [0.05, 0.1) is 15.4 Å². The number of imide groups is 1. The zero-order chi connectivity index (χ0) is 26.7. The van der Waals surface area contributed by atoms with Gasteiger partial charge in [-0.1, -0.05) is 18.2 Å². The van der Waals surface area contributed by atoms with E-state index in [4.69, 9.17) is 0 Å². The van der Waals surface area contributed by atoms with Gasteiger partial charge in [0.2, 0.25) is 10.0 Å². The van der Waals surface area contributed by atoms with Crippen molar-refractivity contribution in [3.05, 3.63) is 64.3 Å². The SMILES string of the molecule is CN(C)S(=O)(=O)c1ccc(N2CCCC2)c(C(=O)NCCN2C(=O)SC(=Cc3ccccc3F)C2=O)c1. The van der Waals surface area contributed by atoms with Gasteiger partial charge in [-0.3, -0.25) is 19.3 Å². The smallest absolute Gasteiger partial charge is 0.293 e. The second-order valence-electron chi connectivity index (χ2n) is 8.77. The first kappa shape index (κ1) is 26.8. The standard InChI is InChI=1S/C25H27FN4O5S2/c1-28(2)37(34,35)18-9-10-21(29-12-5-6-13-29)19(16-18)23(31)27-11-14-30-24(32)22(36-25(30)33)15-17-7-3-4-8-20(17)26/h3-4,7-10,15-16H,5-6,11-14H2,1-2H3,(H,27,31). The maximum absolute atomic E-state index is 14.0. The highest BCUT2D eigenvalue weighted by Crippen LogP contribution is 2.32. The summed E-state index contributed by atoms with van der Waals surface area (Å²) in [6.07, 6.45) is 3.27. The predicted octanol–water partition coefficient (Wildman–Crippen LogP) is 3.14. The molecule has 1 N–H and O–H groups in total. The van der Waals surface area contributed by atoms with Gasteiger partial charge in [0, 0.05) is 51.5 Å². The van der Waals surface area contributed by atoms with E-state index in [0.29, 0.717) is 17.4 Å². The van der Waals surface area contributed by atoms with Gasteiger partial charge in [-0.25, -0.2) is 17.1 Å². The third-order valence-electron chi connectivity index (χ3n) is 6.12. The average molecular weight is 547 g/mol. The summed E-state index contributed by atoms with van der Waals surface area (Å²) >= 11 is 0.708. The third-order valence-corrected chi connectivity index (χ3v) is 8.84. The van der Waals surface area contributed by atoms with Crippen LogP contribution in [0.2, 0.25) is 0 Å². The summed E-state index contributed by atoms with van der Waals surface area (Å²) in [5, 5.41) is 2.19. The molecule has 2 aliphatic rings. The molecule has 0 spiro atoms. The molecule has 3 amide bonds. The molecule has 2 fully saturated rings. The highest BCUT2D eigenvalue weighted by molar-refractivity contribution is 8.18. The predicted molar refractivity (Wildman–Crippen MR) is 140 cm³/mol. The number of rotatable bonds is 8. The molecule has 0 radical (unpaired) electrons. The van der Waals surface area contributed by atoms with E-state index in [-0.39, 0.29) is 34.0 Å². The maximum atomic E-state index is 14.0. The van der Waals surface area contributed by atoms with Gasteiger partial charge in [0.15, 0.2) is 0 Å².